The maximum absolute atomic E-state index is 11.0. The Bertz CT molecular complexity index is 634. The van der Waals surface area contributed by atoms with E-state index in [9.17, 15) is 19.8 Å². The zero-order chi connectivity index (χ0) is 14.0. The minimum Gasteiger partial charge on any atom is -0.543 e. The van der Waals surface area contributed by atoms with Crippen molar-refractivity contribution in [3.05, 3.63) is 52.0 Å². The average Bonchev–Trinajstić information content (AvgIpc) is 2.76. The SMILES string of the molecule is O=C([O-])c1ncn(Cc2ccc(Br)cc2)c1C(=O)[O-]. The molecule has 1 heterocycles. The van der Waals surface area contributed by atoms with Crippen molar-refractivity contribution in [2.24, 2.45) is 0 Å². The normalized spacial score (nSPS) is 10.4. The fourth-order valence-electron chi connectivity index (χ4n) is 1.65. The largest absolute Gasteiger partial charge is 0.543 e. The number of rotatable bonds is 4. The molecule has 6 nitrogen and oxygen atoms in total. The Kier molecular flexibility index (Phi) is 3.66. The van der Waals surface area contributed by atoms with Gasteiger partial charge in [-0.3, -0.25) is 0 Å². The predicted octanol–water partition coefficient (Wildman–Crippen LogP) is -0.579. The van der Waals surface area contributed by atoms with E-state index in [1.165, 1.54) is 4.57 Å². The Labute approximate surface area is 116 Å². The zero-order valence-electron chi connectivity index (χ0n) is 9.50. The maximum atomic E-state index is 11.0. The average molecular weight is 323 g/mol. The molecule has 19 heavy (non-hydrogen) atoms. The Morgan fingerprint density at radius 2 is 1.79 bits per heavy atom. The third-order valence-corrected chi connectivity index (χ3v) is 3.02. The van der Waals surface area contributed by atoms with E-state index in [1.807, 2.05) is 0 Å². The maximum Gasteiger partial charge on any atom is 0.113 e. The number of halogens is 1. The van der Waals surface area contributed by atoms with E-state index in [-0.39, 0.29) is 6.54 Å². The molecule has 0 radical (unpaired) electrons. The molecule has 1 aromatic carbocycles. The summed E-state index contributed by atoms with van der Waals surface area (Å²) in [6.07, 6.45) is 1.14. The van der Waals surface area contributed by atoms with Gasteiger partial charge in [0.2, 0.25) is 0 Å². The van der Waals surface area contributed by atoms with Gasteiger partial charge in [-0.15, -0.1) is 0 Å². The van der Waals surface area contributed by atoms with E-state index >= 15 is 0 Å². The topological polar surface area (TPSA) is 98.1 Å². The molecule has 0 saturated carbocycles. The molecular formula is C12H7BrN2O4-2. The summed E-state index contributed by atoms with van der Waals surface area (Å²) in [5, 5.41) is 21.7. The number of nitrogens with zero attached hydrogens (tertiary/aromatic N) is 2. The van der Waals surface area contributed by atoms with Crippen LogP contribution >= 0.6 is 15.9 Å². The van der Waals surface area contributed by atoms with Gasteiger partial charge in [0.25, 0.3) is 0 Å². The van der Waals surface area contributed by atoms with Gasteiger partial charge in [0.05, 0.1) is 24.0 Å². The molecule has 2 aromatic rings. The molecule has 1 aromatic heterocycles. The lowest BCUT2D eigenvalue weighted by Gasteiger charge is -2.11. The van der Waals surface area contributed by atoms with Crippen LogP contribution in [0.5, 0.6) is 0 Å². The minimum atomic E-state index is -1.64. The molecule has 0 bridgehead atoms. The van der Waals surface area contributed by atoms with E-state index in [0.717, 1.165) is 16.4 Å². The number of hydrogen-bond donors (Lipinski definition) is 0. The second kappa shape index (κ2) is 5.23. The van der Waals surface area contributed by atoms with Gasteiger partial charge in [-0.1, -0.05) is 28.1 Å². The molecule has 0 spiro atoms. The monoisotopic (exact) mass is 322 g/mol. The van der Waals surface area contributed by atoms with Crippen LogP contribution in [0.2, 0.25) is 0 Å². The van der Waals surface area contributed by atoms with Crippen LogP contribution in [0.4, 0.5) is 0 Å². The van der Waals surface area contributed by atoms with Crippen LogP contribution in [0.25, 0.3) is 0 Å². The second-order valence-electron chi connectivity index (χ2n) is 3.77. The Hall–Kier alpha value is -2.15. The highest BCUT2D eigenvalue weighted by Crippen LogP contribution is 2.13. The first-order valence-electron chi connectivity index (χ1n) is 5.21. The van der Waals surface area contributed by atoms with Crippen molar-refractivity contribution in [1.82, 2.24) is 9.55 Å². The number of carbonyl (C=O) groups excluding carboxylic acids is 2. The second-order valence-corrected chi connectivity index (χ2v) is 4.69. The number of imidazole rings is 1. The smallest absolute Gasteiger partial charge is 0.113 e. The van der Waals surface area contributed by atoms with Gasteiger partial charge in [-0.2, -0.15) is 0 Å². The van der Waals surface area contributed by atoms with Crippen molar-refractivity contribution in [1.29, 1.82) is 0 Å². The molecule has 0 fully saturated rings. The van der Waals surface area contributed by atoms with Crippen molar-refractivity contribution in [2.45, 2.75) is 6.54 Å². The van der Waals surface area contributed by atoms with Gasteiger partial charge in [0.1, 0.15) is 5.69 Å². The van der Waals surface area contributed by atoms with Gasteiger partial charge in [0.15, 0.2) is 0 Å². The first-order chi connectivity index (χ1) is 8.99. The van der Waals surface area contributed by atoms with Gasteiger partial charge in [0, 0.05) is 11.0 Å². The summed E-state index contributed by atoms with van der Waals surface area (Å²) in [6.45, 7) is 0.177. The van der Waals surface area contributed by atoms with Gasteiger partial charge in [-0.05, 0) is 17.7 Å². The van der Waals surface area contributed by atoms with E-state index in [2.05, 4.69) is 20.9 Å². The number of carboxylic acid groups (broad SMARTS) is 2. The quantitative estimate of drug-likeness (QED) is 0.750. The summed E-state index contributed by atoms with van der Waals surface area (Å²) in [5.41, 5.74) is -0.326. The van der Waals surface area contributed by atoms with Crippen LogP contribution in [-0.2, 0) is 6.54 Å². The molecular weight excluding hydrogens is 316 g/mol. The molecule has 0 aliphatic rings. The molecule has 7 heteroatoms. The summed E-state index contributed by atoms with van der Waals surface area (Å²) in [5.74, 6) is -3.25. The molecule has 0 aliphatic carbocycles. The molecule has 0 aliphatic heterocycles. The van der Waals surface area contributed by atoms with Crippen molar-refractivity contribution in [2.75, 3.05) is 0 Å². The number of benzene rings is 1. The number of carboxylic acids is 2. The van der Waals surface area contributed by atoms with E-state index in [4.69, 9.17) is 0 Å². The fourth-order valence-corrected chi connectivity index (χ4v) is 1.92. The summed E-state index contributed by atoms with van der Waals surface area (Å²) >= 11 is 3.28. The van der Waals surface area contributed by atoms with Crippen molar-refractivity contribution in [3.63, 3.8) is 0 Å². The molecule has 0 saturated heterocycles. The fraction of sp³-hybridized carbons (Fsp3) is 0.0833. The summed E-state index contributed by atoms with van der Waals surface area (Å²) < 4.78 is 2.08. The molecule has 2 rings (SSSR count). The summed E-state index contributed by atoms with van der Waals surface area (Å²) in [4.78, 5) is 25.3. The highest BCUT2D eigenvalue weighted by molar-refractivity contribution is 9.10. The van der Waals surface area contributed by atoms with E-state index in [0.29, 0.717) is 0 Å². The summed E-state index contributed by atoms with van der Waals surface area (Å²) in [7, 11) is 0. The van der Waals surface area contributed by atoms with Gasteiger partial charge < -0.3 is 24.4 Å². The first-order valence-corrected chi connectivity index (χ1v) is 6.00. The molecule has 0 N–H and O–H groups in total. The van der Waals surface area contributed by atoms with Crippen molar-refractivity contribution < 1.29 is 19.8 Å². The summed E-state index contributed by atoms with van der Waals surface area (Å²) in [6, 6.07) is 7.15. The van der Waals surface area contributed by atoms with E-state index in [1.54, 1.807) is 24.3 Å². The highest BCUT2D eigenvalue weighted by atomic mass is 79.9. The van der Waals surface area contributed by atoms with Gasteiger partial charge in [-0.25, -0.2) is 4.98 Å². The third-order valence-electron chi connectivity index (χ3n) is 2.49. The zero-order valence-corrected chi connectivity index (χ0v) is 11.1. The third kappa shape index (κ3) is 2.82. The standard InChI is InChI=1S/C12H9BrN2O4/c13-8-3-1-7(2-4-8)5-15-6-14-9(11(16)17)10(15)12(18)19/h1-4,6H,5H2,(H,16,17)(H,18,19)/p-2. The Morgan fingerprint density at radius 3 is 2.32 bits per heavy atom. The lowest BCUT2D eigenvalue weighted by Crippen LogP contribution is -2.31. The molecule has 98 valence electrons. The van der Waals surface area contributed by atoms with Gasteiger partial charge >= 0.3 is 0 Å². The van der Waals surface area contributed by atoms with Crippen molar-refractivity contribution >= 4 is 27.9 Å². The lowest BCUT2D eigenvalue weighted by atomic mass is 10.2. The molecule has 0 atom stereocenters. The van der Waals surface area contributed by atoms with Crippen LogP contribution < -0.4 is 10.2 Å². The van der Waals surface area contributed by atoms with Crippen LogP contribution in [0.3, 0.4) is 0 Å². The number of carbonyl (C=O) groups is 2. The van der Waals surface area contributed by atoms with E-state index < -0.39 is 23.3 Å². The van der Waals surface area contributed by atoms with Crippen LogP contribution in [-0.4, -0.2) is 21.5 Å². The van der Waals surface area contributed by atoms with Crippen LogP contribution in [0.1, 0.15) is 26.5 Å². The van der Waals surface area contributed by atoms with Crippen molar-refractivity contribution in [3.8, 4) is 0 Å². The Morgan fingerprint density at radius 1 is 1.16 bits per heavy atom. The highest BCUT2D eigenvalue weighted by Gasteiger charge is 2.13. The minimum absolute atomic E-state index is 0.177. The first kappa shape index (κ1) is 13.3. The predicted molar refractivity (Wildman–Crippen MR) is 64.1 cm³/mol. The van der Waals surface area contributed by atoms with Crippen LogP contribution in [0.15, 0.2) is 35.1 Å². The van der Waals surface area contributed by atoms with Crippen LogP contribution in [0, 0.1) is 0 Å². The lowest BCUT2D eigenvalue weighted by molar-refractivity contribution is -0.260. The number of aromatic nitrogens is 2. The Balaban J connectivity index is 2.37. The molecule has 0 amide bonds. The molecule has 0 unspecified atom stereocenters. The number of aromatic carboxylic acids is 2. The number of hydrogen-bond acceptors (Lipinski definition) is 5.